The molecule has 0 bridgehead atoms. The Bertz CT molecular complexity index is 9450. The Morgan fingerprint density at radius 3 is 0.778 bits per heavy atom. The molecule has 0 amide bonds. The fourth-order valence-electron chi connectivity index (χ4n) is 21.4. The zero-order valence-corrected chi connectivity index (χ0v) is 73.8. The fourth-order valence-corrected chi connectivity index (χ4v) is 21.4. The normalized spacial score (nSPS) is 11.8. The molecule has 0 aliphatic heterocycles. The predicted octanol–water partition coefficient (Wildman–Crippen LogP) is 34.2. The highest BCUT2D eigenvalue weighted by Crippen LogP contribution is 2.51. The van der Waals surface area contributed by atoms with Crippen molar-refractivity contribution in [2.45, 2.75) is 20.3 Å². The first-order valence-corrected chi connectivity index (χ1v) is 46.2. The monoisotopic (exact) mass is 1730 g/mol. The molecule has 0 N–H and O–H groups in total. The van der Waals surface area contributed by atoms with Crippen LogP contribution in [0.5, 0.6) is 0 Å². The van der Waals surface area contributed by atoms with Gasteiger partial charge < -0.3 is 13.3 Å². The van der Waals surface area contributed by atoms with Crippen molar-refractivity contribution in [3.63, 3.8) is 0 Å². The zero-order valence-electron chi connectivity index (χ0n) is 73.8. The van der Waals surface area contributed by atoms with Gasteiger partial charge in [-0.2, -0.15) is 0 Å². The summed E-state index contributed by atoms with van der Waals surface area (Å²) in [5, 5.41) is 21.7. The van der Waals surface area contributed by atoms with Gasteiger partial charge >= 0.3 is 0 Å². The second kappa shape index (κ2) is 32.1. The molecule has 6 heterocycles. The highest BCUT2D eigenvalue weighted by atomic mass is 16.3. The molecule has 0 aliphatic carbocycles. The predicted molar refractivity (Wildman–Crippen MR) is 562 cm³/mol. The second-order valence-corrected chi connectivity index (χ2v) is 34.9. The van der Waals surface area contributed by atoms with Crippen LogP contribution in [0.3, 0.4) is 0 Å². The van der Waals surface area contributed by atoms with Gasteiger partial charge in [0.2, 0.25) is 0 Å². The molecule has 22 aromatic carbocycles. The molecule has 0 aliphatic rings. The van der Waals surface area contributed by atoms with E-state index in [1.807, 2.05) is 54.6 Å². The Kier molecular flexibility index (Phi) is 18.6. The molecule has 28 rings (SSSR count). The molecular formula is C126H82N6O3. The Balaban J connectivity index is 0.000000106. The first-order valence-electron chi connectivity index (χ1n) is 46.2. The standard InChI is InChI=1S/C45H28N2O.C41H28N2O.C40H26N2O/c1-2-12-30(13-3-1)45-46-39-19-9-10-20-40(39)47(45)32-25-22-29(23-26-32)43-34-15-4-6-17-36(34)44(37-18-7-5-16-35(37)43)31-24-27-42-38(28-31)33-14-8-11-21-41(33)48-42;1-2-39-42-35-16-8-9-17-36(35)43(39)28-22-19-26(20-23-28)40-30-12-3-5-14-32(30)41(33-15-6-4-13-31(33)40)27-21-24-38-34(25-27)29-11-7-10-18-37(29)44-38;1-25-41-35-15-7-8-16-36(35)42(25)28-21-18-26(19-22-28)39-30-11-2-4-13-32(30)40(33-14-5-3-12-31(33)39)27-20-23-38-34(24-27)29-10-6-9-17-37(29)43-38/h1-28H;3-25H,2H2,1H3;2-24H,1H3. The number of rotatable bonds is 11. The maximum absolute atomic E-state index is 6.18. The quantitative estimate of drug-likeness (QED) is 0.120. The molecule has 9 heteroatoms. The summed E-state index contributed by atoms with van der Waals surface area (Å²) < 4.78 is 25.3. The molecule has 634 valence electrons. The summed E-state index contributed by atoms with van der Waals surface area (Å²) in [5.41, 5.74) is 30.9. The molecule has 0 unspecified atom stereocenters. The van der Waals surface area contributed by atoms with E-state index in [4.69, 9.17) is 28.2 Å². The van der Waals surface area contributed by atoms with Gasteiger partial charge in [0.15, 0.2) is 0 Å². The van der Waals surface area contributed by atoms with Crippen molar-refractivity contribution in [1.82, 2.24) is 28.7 Å². The first-order chi connectivity index (χ1) is 66.8. The van der Waals surface area contributed by atoms with Gasteiger partial charge in [0, 0.05) is 61.4 Å². The summed E-state index contributed by atoms with van der Waals surface area (Å²) in [7, 11) is 0. The lowest BCUT2D eigenvalue weighted by molar-refractivity contribution is 0.668. The lowest BCUT2D eigenvalue weighted by atomic mass is 9.85. The van der Waals surface area contributed by atoms with Gasteiger partial charge in [-0.1, -0.05) is 328 Å². The fraction of sp³-hybridized carbons (Fsp3) is 0.0238. The van der Waals surface area contributed by atoms with Gasteiger partial charge in [0.05, 0.1) is 33.1 Å². The van der Waals surface area contributed by atoms with Gasteiger partial charge in [0.25, 0.3) is 0 Å². The van der Waals surface area contributed by atoms with Crippen molar-refractivity contribution < 1.29 is 13.3 Å². The third kappa shape index (κ3) is 13.0. The minimum Gasteiger partial charge on any atom is -0.456 e. The lowest BCUT2D eigenvalue weighted by Gasteiger charge is -2.18. The van der Waals surface area contributed by atoms with Crippen LogP contribution < -0.4 is 0 Å². The third-order valence-electron chi connectivity index (χ3n) is 27.3. The van der Waals surface area contributed by atoms with Gasteiger partial charge in [0.1, 0.15) is 51.0 Å². The average Bonchev–Trinajstić information content (AvgIpc) is 1.45. The number of fused-ring (bicyclic) bond motifs is 18. The molecule has 28 aromatic rings. The van der Waals surface area contributed by atoms with Gasteiger partial charge in [-0.25, -0.2) is 15.0 Å². The van der Waals surface area contributed by atoms with Crippen LogP contribution in [0, 0.1) is 6.92 Å². The van der Waals surface area contributed by atoms with Crippen molar-refractivity contribution in [2.24, 2.45) is 0 Å². The number of furan rings is 3. The van der Waals surface area contributed by atoms with Crippen LogP contribution >= 0.6 is 0 Å². The highest BCUT2D eigenvalue weighted by molar-refractivity contribution is 6.26. The Morgan fingerprint density at radius 1 is 0.193 bits per heavy atom. The van der Waals surface area contributed by atoms with Crippen molar-refractivity contribution >= 4 is 164 Å². The molecule has 9 nitrogen and oxygen atoms in total. The maximum Gasteiger partial charge on any atom is 0.145 e. The molecular weight excluding hydrogens is 1650 g/mol. The molecule has 0 saturated heterocycles. The number of aromatic nitrogens is 6. The summed E-state index contributed by atoms with van der Waals surface area (Å²) in [6, 6.07) is 160. The number of benzene rings is 22. The third-order valence-corrected chi connectivity index (χ3v) is 27.3. The molecule has 0 saturated carbocycles. The number of para-hydroxylation sites is 9. The average molecular weight is 1730 g/mol. The van der Waals surface area contributed by atoms with Gasteiger partial charge in [-0.05, 0) is 266 Å². The SMILES string of the molecule is CCc1nc2ccccc2n1-c1ccc(-c2c3ccccc3c(-c3ccc4oc5ccccc5c4c3)c3ccccc23)cc1.Cc1nc2ccccc2n1-c1ccc(-c2c3ccccc3c(-c3ccc4oc5ccccc5c4c3)c3ccccc23)cc1.c1ccc(-c2nc3ccccc3n2-c2ccc(-c3c4ccccc4c(-c4ccc5oc6ccccc6c5c4)c4ccccc34)cc2)cc1. The Labute approximate surface area is 776 Å². The molecule has 135 heavy (non-hydrogen) atoms. The van der Waals surface area contributed by atoms with E-state index in [9.17, 15) is 0 Å². The molecule has 6 aromatic heterocycles. The number of hydrogen-bond acceptors (Lipinski definition) is 6. The van der Waals surface area contributed by atoms with E-state index in [-0.39, 0.29) is 0 Å². The topological polar surface area (TPSA) is 92.9 Å². The lowest BCUT2D eigenvalue weighted by Crippen LogP contribution is -2.00. The summed E-state index contributed by atoms with van der Waals surface area (Å²) in [6.07, 6.45) is 0.869. The van der Waals surface area contributed by atoms with E-state index in [1.165, 1.54) is 131 Å². The maximum atomic E-state index is 6.18. The van der Waals surface area contributed by atoms with Crippen LogP contribution in [0.4, 0.5) is 0 Å². The smallest absolute Gasteiger partial charge is 0.145 e. The van der Waals surface area contributed by atoms with E-state index in [2.05, 4.69) is 422 Å². The number of nitrogens with zero attached hydrogens (tertiary/aromatic N) is 6. The van der Waals surface area contributed by atoms with E-state index in [0.29, 0.717) is 0 Å². The minimum absolute atomic E-state index is 0.869. The van der Waals surface area contributed by atoms with E-state index >= 15 is 0 Å². The van der Waals surface area contributed by atoms with Crippen LogP contribution in [0.1, 0.15) is 18.6 Å². The number of hydrogen-bond donors (Lipinski definition) is 0. The second-order valence-electron chi connectivity index (χ2n) is 34.9. The summed E-state index contributed by atoms with van der Waals surface area (Å²) in [6.45, 7) is 4.23. The largest absolute Gasteiger partial charge is 0.456 e. The van der Waals surface area contributed by atoms with Crippen molar-refractivity contribution in [1.29, 1.82) is 0 Å². The summed E-state index contributed by atoms with van der Waals surface area (Å²) in [5.74, 6) is 2.99. The van der Waals surface area contributed by atoms with Crippen molar-refractivity contribution in [2.75, 3.05) is 0 Å². The number of imidazole rings is 3. The molecule has 0 atom stereocenters. The Hall–Kier alpha value is -17.8. The number of aryl methyl sites for hydroxylation is 2. The summed E-state index contributed by atoms with van der Waals surface area (Å²) in [4.78, 5) is 14.7. The van der Waals surface area contributed by atoms with Crippen molar-refractivity contribution in [3.8, 4) is 95.2 Å². The van der Waals surface area contributed by atoms with Crippen LogP contribution in [0.15, 0.2) is 462 Å². The molecule has 0 radical (unpaired) electrons. The summed E-state index contributed by atoms with van der Waals surface area (Å²) >= 11 is 0. The van der Waals surface area contributed by atoms with Gasteiger partial charge in [-0.3, -0.25) is 13.7 Å². The van der Waals surface area contributed by atoms with Crippen molar-refractivity contribution in [3.05, 3.63) is 461 Å². The van der Waals surface area contributed by atoms with Crippen LogP contribution in [0.2, 0.25) is 0 Å². The molecule has 0 fully saturated rings. The molecule has 0 spiro atoms. The van der Waals surface area contributed by atoms with Gasteiger partial charge in [-0.15, -0.1) is 0 Å². The zero-order chi connectivity index (χ0) is 89.3. The van der Waals surface area contributed by atoms with E-state index < -0.39 is 0 Å². The van der Waals surface area contributed by atoms with E-state index in [0.717, 1.165) is 145 Å². The van der Waals surface area contributed by atoms with Crippen LogP contribution in [-0.2, 0) is 6.42 Å². The minimum atomic E-state index is 0.869. The highest BCUT2D eigenvalue weighted by Gasteiger charge is 2.25. The van der Waals surface area contributed by atoms with Crippen LogP contribution in [-0.4, -0.2) is 28.7 Å². The van der Waals surface area contributed by atoms with E-state index in [1.54, 1.807) is 0 Å². The Morgan fingerprint density at radius 2 is 0.437 bits per heavy atom. The van der Waals surface area contributed by atoms with Crippen LogP contribution in [0.25, 0.3) is 259 Å². The first kappa shape index (κ1) is 78.3.